The Morgan fingerprint density at radius 3 is 2.73 bits per heavy atom. The van der Waals surface area contributed by atoms with Gasteiger partial charge in [0.25, 0.3) is 0 Å². The molecule has 0 bridgehead atoms. The van der Waals surface area contributed by atoms with Crippen molar-refractivity contribution in [1.29, 1.82) is 0 Å². The molecule has 0 radical (unpaired) electrons. The zero-order valence-corrected chi connectivity index (χ0v) is 8.61. The number of benzene rings is 1. The van der Waals surface area contributed by atoms with Crippen molar-refractivity contribution >= 4 is 12.3 Å². The van der Waals surface area contributed by atoms with E-state index in [1.54, 1.807) is 13.0 Å². The van der Waals surface area contributed by atoms with Gasteiger partial charge in [0.1, 0.15) is 17.6 Å². The minimum absolute atomic E-state index is 0.0809. The molecule has 1 rings (SSSR count). The number of carbonyl (C=O) groups is 2. The van der Waals surface area contributed by atoms with Gasteiger partial charge in [-0.3, -0.25) is 0 Å². The third-order valence-corrected chi connectivity index (χ3v) is 2.04. The summed E-state index contributed by atoms with van der Waals surface area (Å²) in [6.45, 7) is 1.78. The lowest BCUT2D eigenvalue weighted by atomic mass is 10.0. The summed E-state index contributed by atoms with van der Waals surface area (Å²) >= 11 is 0. The fraction of sp³-hybridized carbons (Fsp3) is 0.273. The molecule has 1 N–H and O–H groups in total. The largest absolute Gasteiger partial charge is 0.507 e. The Labute approximate surface area is 87.5 Å². The van der Waals surface area contributed by atoms with Gasteiger partial charge >= 0.3 is 5.97 Å². The SMILES string of the molecule is COC(=O)c1cc(C)cc(CC=O)c1O. The van der Waals surface area contributed by atoms with E-state index in [-0.39, 0.29) is 17.7 Å². The monoisotopic (exact) mass is 208 g/mol. The molecule has 0 aliphatic rings. The molecule has 0 amide bonds. The number of rotatable bonds is 3. The van der Waals surface area contributed by atoms with Crippen LogP contribution in [0.15, 0.2) is 12.1 Å². The van der Waals surface area contributed by atoms with Gasteiger partial charge in [-0.25, -0.2) is 4.79 Å². The molecule has 0 aliphatic carbocycles. The highest BCUT2D eigenvalue weighted by atomic mass is 16.5. The highest BCUT2D eigenvalue weighted by molar-refractivity contribution is 5.93. The fourth-order valence-corrected chi connectivity index (χ4v) is 1.36. The van der Waals surface area contributed by atoms with E-state index in [9.17, 15) is 14.7 Å². The van der Waals surface area contributed by atoms with E-state index in [0.29, 0.717) is 11.8 Å². The van der Waals surface area contributed by atoms with Gasteiger partial charge in [0, 0.05) is 12.0 Å². The van der Waals surface area contributed by atoms with Crippen LogP contribution in [0.3, 0.4) is 0 Å². The van der Waals surface area contributed by atoms with Crippen molar-refractivity contribution in [3.8, 4) is 5.75 Å². The Bertz CT molecular complexity index is 396. The van der Waals surface area contributed by atoms with Crippen LogP contribution in [0.4, 0.5) is 0 Å². The number of phenols is 1. The first-order valence-corrected chi connectivity index (χ1v) is 4.44. The molecule has 80 valence electrons. The topological polar surface area (TPSA) is 63.6 Å². The second-order valence-electron chi connectivity index (χ2n) is 3.18. The van der Waals surface area contributed by atoms with Crippen molar-refractivity contribution in [1.82, 2.24) is 0 Å². The van der Waals surface area contributed by atoms with Crippen molar-refractivity contribution in [2.24, 2.45) is 0 Å². The average Bonchev–Trinajstić information content (AvgIpc) is 2.22. The van der Waals surface area contributed by atoms with Gasteiger partial charge in [-0.15, -0.1) is 0 Å². The third-order valence-electron chi connectivity index (χ3n) is 2.04. The fourth-order valence-electron chi connectivity index (χ4n) is 1.36. The number of hydrogen-bond acceptors (Lipinski definition) is 4. The van der Waals surface area contributed by atoms with Crippen LogP contribution in [-0.4, -0.2) is 24.5 Å². The van der Waals surface area contributed by atoms with Crippen LogP contribution in [0.5, 0.6) is 5.75 Å². The first-order chi connectivity index (χ1) is 7.10. The Morgan fingerprint density at radius 2 is 2.20 bits per heavy atom. The van der Waals surface area contributed by atoms with E-state index < -0.39 is 5.97 Å². The van der Waals surface area contributed by atoms with Gasteiger partial charge in [0.15, 0.2) is 0 Å². The minimum Gasteiger partial charge on any atom is -0.507 e. The van der Waals surface area contributed by atoms with Crippen LogP contribution in [0.1, 0.15) is 21.5 Å². The van der Waals surface area contributed by atoms with Crippen LogP contribution in [0, 0.1) is 6.92 Å². The van der Waals surface area contributed by atoms with Crippen molar-refractivity contribution in [3.63, 3.8) is 0 Å². The standard InChI is InChI=1S/C11H12O4/c1-7-5-8(3-4-12)10(13)9(6-7)11(14)15-2/h4-6,13H,3H2,1-2H3. The average molecular weight is 208 g/mol. The molecule has 1 aromatic rings. The molecule has 0 spiro atoms. The normalized spacial score (nSPS) is 9.73. The van der Waals surface area contributed by atoms with E-state index in [2.05, 4.69) is 4.74 Å². The third kappa shape index (κ3) is 2.34. The van der Waals surface area contributed by atoms with Crippen LogP contribution >= 0.6 is 0 Å². The maximum atomic E-state index is 11.3. The summed E-state index contributed by atoms with van der Waals surface area (Å²) in [6.07, 6.45) is 0.757. The van der Waals surface area contributed by atoms with E-state index >= 15 is 0 Å². The maximum absolute atomic E-state index is 11.3. The molecule has 0 aromatic heterocycles. The van der Waals surface area contributed by atoms with Gasteiger partial charge in [-0.1, -0.05) is 6.07 Å². The number of esters is 1. The lowest BCUT2D eigenvalue weighted by molar-refractivity contribution is -0.107. The second kappa shape index (κ2) is 4.59. The molecule has 0 unspecified atom stereocenters. The molecule has 0 heterocycles. The number of aldehydes is 1. The van der Waals surface area contributed by atoms with E-state index in [0.717, 1.165) is 5.56 Å². The summed E-state index contributed by atoms with van der Waals surface area (Å²) in [7, 11) is 1.24. The smallest absolute Gasteiger partial charge is 0.341 e. The molecule has 15 heavy (non-hydrogen) atoms. The number of ether oxygens (including phenoxy) is 1. The molecule has 4 nitrogen and oxygen atoms in total. The molecule has 1 aromatic carbocycles. The summed E-state index contributed by atoms with van der Waals surface area (Å²) in [5, 5.41) is 9.69. The molecule has 0 saturated carbocycles. The van der Waals surface area contributed by atoms with E-state index in [1.165, 1.54) is 13.2 Å². The first kappa shape index (κ1) is 11.2. The van der Waals surface area contributed by atoms with Crippen molar-refractivity contribution in [3.05, 3.63) is 28.8 Å². The van der Waals surface area contributed by atoms with Gasteiger partial charge in [-0.2, -0.15) is 0 Å². The van der Waals surface area contributed by atoms with Crippen LogP contribution in [0.2, 0.25) is 0 Å². The zero-order valence-electron chi connectivity index (χ0n) is 8.61. The van der Waals surface area contributed by atoms with E-state index in [1.807, 2.05) is 0 Å². The van der Waals surface area contributed by atoms with Crippen LogP contribution < -0.4 is 0 Å². The molecule has 0 atom stereocenters. The maximum Gasteiger partial charge on any atom is 0.341 e. The number of aromatic hydroxyl groups is 1. The summed E-state index contributed by atoms with van der Waals surface area (Å²) in [5.74, 6) is -0.789. The van der Waals surface area contributed by atoms with Crippen LogP contribution in [-0.2, 0) is 16.0 Å². The number of aryl methyl sites for hydroxylation is 1. The lowest BCUT2D eigenvalue weighted by Crippen LogP contribution is -2.04. The molecule has 0 saturated heterocycles. The summed E-state index contributed by atoms with van der Waals surface area (Å²) in [4.78, 5) is 21.6. The quantitative estimate of drug-likeness (QED) is 0.599. The molecule has 0 aliphatic heterocycles. The molecular weight excluding hydrogens is 196 g/mol. The first-order valence-electron chi connectivity index (χ1n) is 4.44. The summed E-state index contributed by atoms with van der Waals surface area (Å²) in [6, 6.07) is 3.19. The van der Waals surface area contributed by atoms with Gasteiger partial charge in [0.2, 0.25) is 0 Å². The number of methoxy groups -OCH3 is 1. The summed E-state index contributed by atoms with van der Waals surface area (Å²) in [5.41, 5.74) is 1.32. The second-order valence-corrected chi connectivity index (χ2v) is 3.18. The van der Waals surface area contributed by atoms with Gasteiger partial charge < -0.3 is 14.6 Å². The predicted octanol–water partition coefficient (Wildman–Crippen LogP) is 1.23. The minimum atomic E-state index is -0.608. The summed E-state index contributed by atoms with van der Waals surface area (Å²) < 4.78 is 4.52. The molecular formula is C11H12O4. The predicted molar refractivity (Wildman–Crippen MR) is 54.0 cm³/mol. The van der Waals surface area contributed by atoms with Crippen molar-refractivity contribution in [2.45, 2.75) is 13.3 Å². The Kier molecular flexibility index (Phi) is 3.44. The number of carbonyl (C=O) groups excluding carboxylic acids is 2. The van der Waals surface area contributed by atoms with Crippen LogP contribution in [0.25, 0.3) is 0 Å². The lowest BCUT2D eigenvalue weighted by Gasteiger charge is -2.08. The van der Waals surface area contributed by atoms with Gasteiger partial charge in [0.05, 0.1) is 7.11 Å². The Hall–Kier alpha value is -1.84. The number of hydrogen-bond donors (Lipinski definition) is 1. The molecule has 0 fully saturated rings. The highest BCUT2D eigenvalue weighted by Gasteiger charge is 2.15. The highest BCUT2D eigenvalue weighted by Crippen LogP contribution is 2.25. The Balaban J connectivity index is 3.27. The van der Waals surface area contributed by atoms with Crippen molar-refractivity contribution in [2.75, 3.05) is 7.11 Å². The number of phenolic OH excluding ortho intramolecular Hbond substituents is 1. The Morgan fingerprint density at radius 1 is 1.53 bits per heavy atom. The van der Waals surface area contributed by atoms with Crippen molar-refractivity contribution < 1.29 is 19.4 Å². The van der Waals surface area contributed by atoms with E-state index in [4.69, 9.17) is 0 Å². The molecule has 4 heteroatoms. The van der Waals surface area contributed by atoms with Gasteiger partial charge in [-0.05, 0) is 18.6 Å². The zero-order chi connectivity index (χ0) is 11.4.